The minimum absolute atomic E-state index is 0.633. The molecule has 6 heteroatoms. The number of ether oxygens (including phenoxy) is 1. The van der Waals surface area contributed by atoms with Crippen molar-refractivity contribution in [2.45, 2.75) is 57.7 Å². The van der Waals surface area contributed by atoms with Crippen LogP contribution in [-0.4, -0.2) is 64.9 Å². The van der Waals surface area contributed by atoms with Crippen molar-refractivity contribution in [3.63, 3.8) is 0 Å². The molecule has 0 unspecified atom stereocenters. The minimum Gasteiger partial charge on any atom is -0.381 e. The van der Waals surface area contributed by atoms with Crippen molar-refractivity contribution in [1.29, 1.82) is 0 Å². The molecular formula is C17H28N4O2. The van der Waals surface area contributed by atoms with Crippen molar-refractivity contribution in [2.24, 2.45) is 5.92 Å². The van der Waals surface area contributed by atoms with Crippen molar-refractivity contribution >= 4 is 0 Å². The minimum atomic E-state index is 0.633. The molecule has 0 aliphatic carbocycles. The Bertz CT molecular complexity index is 514. The molecule has 4 aliphatic rings. The number of nitrogens with zero attached hydrogens (tertiary/aromatic N) is 4. The summed E-state index contributed by atoms with van der Waals surface area (Å²) in [7, 11) is 0. The fourth-order valence-electron chi connectivity index (χ4n) is 4.43. The van der Waals surface area contributed by atoms with Gasteiger partial charge >= 0.3 is 0 Å². The van der Waals surface area contributed by atoms with Crippen LogP contribution in [0.2, 0.25) is 0 Å². The van der Waals surface area contributed by atoms with Crippen LogP contribution in [0.25, 0.3) is 0 Å². The molecule has 5 heterocycles. The van der Waals surface area contributed by atoms with E-state index in [2.05, 4.69) is 26.9 Å². The van der Waals surface area contributed by atoms with Gasteiger partial charge in [0.25, 0.3) is 0 Å². The maximum absolute atomic E-state index is 5.54. The Morgan fingerprint density at radius 2 is 1.91 bits per heavy atom. The summed E-state index contributed by atoms with van der Waals surface area (Å²) in [4.78, 5) is 9.83. The largest absolute Gasteiger partial charge is 0.381 e. The van der Waals surface area contributed by atoms with Crippen LogP contribution in [0, 0.1) is 5.92 Å². The third kappa shape index (κ3) is 3.44. The van der Waals surface area contributed by atoms with Gasteiger partial charge in [0.1, 0.15) is 0 Å². The molecule has 5 rings (SSSR count). The Hall–Kier alpha value is -0.980. The fourth-order valence-corrected chi connectivity index (χ4v) is 4.43. The SMILES string of the molecule is CCc1noc(CN2C[C@H]3CC[C@@H]2CN(C2CCOCC2)C3)n1. The zero-order chi connectivity index (χ0) is 15.6. The van der Waals surface area contributed by atoms with Crippen LogP contribution < -0.4 is 0 Å². The summed E-state index contributed by atoms with van der Waals surface area (Å²) in [5.74, 6) is 2.39. The lowest BCUT2D eigenvalue weighted by atomic mass is 9.95. The highest BCUT2D eigenvalue weighted by molar-refractivity contribution is 4.94. The first-order chi connectivity index (χ1) is 11.3. The van der Waals surface area contributed by atoms with Gasteiger partial charge in [0.15, 0.2) is 5.82 Å². The summed E-state index contributed by atoms with van der Waals surface area (Å²) in [6.07, 6.45) is 5.91. The monoisotopic (exact) mass is 320 g/mol. The van der Waals surface area contributed by atoms with E-state index >= 15 is 0 Å². The van der Waals surface area contributed by atoms with Crippen molar-refractivity contribution in [2.75, 3.05) is 32.8 Å². The number of hydrogen-bond acceptors (Lipinski definition) is 6. The van der Waals surface area contributed by atoms with Gasteiger partial charge in [0, 0.05) is 51.4 Å². The molecule has 1 aromatic rings. The summed E-state index contributed by atoms with van der Waals surface area (Å²) in [5, 5.41) is 4.04. The molecule has 128 valence electrons. The summed E-state index contributed by atoms with van der Waals surface area (Å²) < 4.78 is 11.0. The summed E-state index contributed by atoms with van der Waals surface area (Å²) in [6.45, 7) is 8.36. The van der Waals surface area contributed by atoms with Gasteiger partial charge in [-0.3, -0.25) is 9.80 Å². The number of fused-ring (bicyclic) bond motifs is 4. The van der Waals surface area contributed by atoms with Gasteiger partial charge < -0.3 is 9.26 Å². The number of hydrogen-bond donors (Lipinski definition) is 0. The van der Waals surface area contributed by atoms with E-state index in [1.165, 1.54) is 45.3 Å². The van der Waals surface area contributed by atoms with E-state index in [9.17, 15) is 0 Å². The van der Waals surface area contributed by atoms with Crippen LogP contribution in [0.5, 0.6) is 0 Å². The third-order valence-corrected chi connectivity index (χ3v) is 5.73. The molecule has 0 aromatic carbocycles. The smallest absolute Gasteiger partial charge is 0.240 e. The third-order valence-electron chi connectivity index (χ3n) is 5.73. The lowest BCUT2D eigenvalue weighted by Gasteiger charge is -2.36. The topological polar surface area (TPSA) is 54.6 Å². The van der Waals surface area contributed by atoms with Crippen molar-refractivity contribution in [3.8, 4) is 0 Å². The highest BCUT2D eigenvalue weighted by Gasteiger charge is 2.37. The van der Waals surface area contributed by atoms with E-state index in [0.29, 0.717) is 6.04 Å². The standard InChI is InChI=1S/C17H28N4O2/c1-2-16-18-17(23-19-16)12-21-10-13-3-4-15(21)11-20(9-13)14-5-7-22-8-6-14/h13-15H,2-12H2,1H3/t13-,15+/m0/s1. The maximum Gasteiger partial charge on any atom is 0.240 e. The fraction of sp³-hybridized carbons (Fsp3) is 0.882. The highest BCUT2D eigenvalue weighted by atomic mass is 16.5. The second-order valence-corrected chi connectivity index (χ2v) is 7.28. The quantitative estimate of drug-likeness (QED) is 0.842. The maximum atomic E-state index is 5.54. The number of rotatable bonds is 4. The summed E-state index contributed by atoms with van der Waals surface area (Å²) >= 11 is 0. The Balaban J connectivity index is 1.42. The van der Waals surface area contributed by atoms with Gasteiger partial charge in [0.2, 0.25) is 5.89 Å². The molecule has 4 fully saturated rings. The van der Waals surface area contributed by atoms with E-state index in [1.807, 2.05) is 0 Å². The Morgan fingerprint density at radius 1 is 1.04 bits per heavy atom. The van der Waals surface area contributed by atoms with Gasteiger partial charge in [-0.1, -0.05) is 12.1 Å². The average molecular weight is 320 g/mol. The van der Waals surface area contributed by atoms with Gasteiger partial charge in [-0.2, -0.15) is 4.98 Å². The molecule has 4 saturated heterocycles. The van der Waals surface area contributed by atoms with Crippen LogP contribution in [0.4, 0.5) is 0 Å². The van der Waals surface area contributed by atoms with Crippen LogP contribution in [-0.2, 0) is 17.7 Å². The Labute approximate surface area is 138 Å². The molecular weight excluding hydrogens is 292 g/mol. The molecule has 0 spiro atoms. The molecule has 4 aliphatic heterocycles. The molecule has 0 amide bonds. The summed E-state index contributed by atoms with van der Waals surface area (Å²) in [5.41, 5.74) is 0. The van der Waals surface area contributed by atoms with E-state index in [-0.39, 0.29) is 0 Å². The Kier molecular flexibility index (Phi) is 4.64. The van der Waals surface area contributed by atoms with Crippen molar-refractivity contribution in [3.05, 3.63) is 11.7 Å². The van der Waals surface area contributed by atoms with E-state index in [0.717, 1.165) is 49.9 Å². The normalized spacial score (nSPS) is 30.7. The molecule has 0 radical (unpaired) electrons. The van der Waals surface area contributed by atoms with Crippen molar-refractivity contribution in [1.82, 2.24) is 19.9 Å². The van der Waals surface area contributed by atoms with E-state index in [1.54, 1.807) is 0 Å². The first-order valence-electron chi connectivity index (χ1n) is 9.19. The van der Waals surface area contributed by atoms with Crippen molar-refractivity contribution < 1.29 is 9.26 Å². The lowest BCUT2D eigenvalue weighted by molar-refractivity contribution is 0.0305. The van der Waals surface area contributed by atoms with E-state index < -0.39 is 0 Å². The number of aromatic nitrogens is 2. The molecule has 2 bridgehead atoms. The zero-order valence-corrected chi connectivity index (χ0v) is 14.1. The van der Waals surface area contributed by atoms with Gasteiger partial charge in [-0.05, 0) is 31.6 Å². The van der Waals surface area contributed by atoms with Gasteiger partial charge in [0.05, 0.1) is 6.54 Å². The number of piperidine rings is 1. The second kappa shape index (κ2) is 6.87. The molecule has 23 heavy (non-hydrogen) atoms. The molecule has 1 aromatic heterocycles. The van der Waals surface area contributed by atoms with Crippen LogP contribution >= 0.6 is 0 Å². The van der Waals surface area contributed by atoms with Crippen LogP contribution in [0.15, 0.2) is 4.52 Å². The van der Waals surface area contributed by atoms with Gasteiger partial charge in [-0.25, -0.2) is 0 Å². The molecule has 0 saturated carbocycles. The predicted molar refractivity (Wildman–Crippen MR) is 86.0 cm³/mol. The number of aryl methyl sites for hydroxylation is 1. The zero-order valence-electron chi connectivity index (χ0n) is 14.1. The highest BCUT2D eigenvalue weighted by Crippen LogP contribution is 2.31. The molecule has 0 N–H and O–H groups in total. The van der Waals surface area contributed by atoms with Crippen LogP contribution in [0.1, 0.15) is 44.3 Å². The first-order valence-corrected chi connectivity index (χ1v) is 9.19. The predicted octanol–water partition coefficient (Wildman–Crippen LogP) is 1.71. The van der Waals surface area contributed by atoms with Crippen LogP contribution in [0.3, 0.4) is 0 Å². The summed E-state index contributed by atoms with van der Waals surface area (Å²) in [6, 6.07) is 1.36. The van der Waals surface area contributed by atoms with Gasteiger partial charge in [-0.15, -0.1) is 0 Å². The lowest BCUT2D eigenvalue weighted by Crippen LogP contribution is -2.45. The first kappa shape index (κ1) is 15.5. The second-order valence-electron chi connectivity index (χ2n) is 7.28. The Morgan fingerprint density at radius 3 is 2.70 bits per heavy atom. The van der Waals surface area contributed by atoms with E-state index in [4.69, 9.17) is 9.26 Å². The average Bonchev–Trinajstić information content (AvgIpc) is 2.85. The molecule has 2 atom stereocenters. The molecule has 6 nitrogen and oxygen atoms in total.